The van der Waals surface area contributed by atoms with Gasteiger partial charge in [0.15, 0.2) is 0 Å². The third-order valence-corrected chi connectivity index (χ3v) is 4.63. The second kappa shape index (κ2) is 7.93. The standard InChI is InChI=1S/C22H19N5O2/c1-27(21(29)16-10-12-23-13-11-16)17-8-6-15(7-9-17)14-24-22-25-19-5-3-2-4-18(19)20(28)26-22/h2-13H,14H2,1H3,(H2,24,25,26,28). The van der Waals surface area contributed by atoms with E-state index in [0.29, 0.717) is 29.0 Å². The number of hydrogen-bond acceptors (Lipinski definition) is 5. The number of carbonyl (C=O) groups excluding carboxylic acids is 1. The summed E-state index contributed by atoms with van der Waals surface area (Å²) >= 11 is 0. The highest BCUT2D eigenvalue weighted by Gasteiger charge is 2.13. The van der Waals surface area contributed by atoms with Gasteiger partial charge in [-0.15, -0.1) is 0 Å². The molecule has 0 bridgehead atoms. The Morgan fingerprint density at radius 1 is 1.03 bits per heavy atom. The second-order valence-electron chi connectivity index (χ2n) is 6.55. The van der Waals surface area contributed by atoms with Gasteiger partial charge >= 0.3 is 0 Å². The van der Waals surface area contributed by atoms with Gasteiger partial charge in [0, 0.05) is 37.2 Å². The molecule has 7 heteroatoms. The first kappa shape index (κ1) is 18.4. The van der Waals surface area contributed by atoms with Crippen LogP contribution in [-0.4, -0.2) is 27.9 Å². The molecule has 144 valence electrons. The van der Waals surface area contributed by atoms with E-state index < -0.39 is 0 Å². The second-order valence-corrected chi connectivity index (χ2v) is 6.55. The molecule has 0 aliphatic carbocycles. The average molecular weight is 385 g/mol. The number of pyridine rings is 1. The van der Waals surface area contributed by atoms with Crippen LogP contribution in [0.1, 0.15) is 15.9 Å². The van der Waals surface area contributed by atoms with Crippen molar-refractivity contribution in [2.24, 2.45) is 0 Å². The first-order valence-corrected chi connectivity index (χ1v) is 9.12. The van der Waals surface area contributed by atoms with Gasteiger partial charge in [-0.3, -0.25) is 19.6 Å². The van der Waals surface area contributed by atoms with Crippen molar-refractivity contribution >= 4 is 28.4 Å². The summed E-state index contributed by atoms with van der Waals surface area (Å²) in [6.45, 7) is 0.490. The third kappa shape index (κ3) is 3.98. The van der Waals surface area contributed by atoms with Crippen molar-refractivity contribution in [3.05, 3.63) is 94.5 Å². The number of rotatable bonds is 5. The van der Waals surface area contributed by atoms with Crippen LogP contribution in [-0.2, 0) is 6.54 Å². The van der Waals surface area contributed by atoms with Crippen LogP contribution >= 0.6 is 0 Å². The maximum absolute atomic E-state index is 12.5. The Labute approximate surface area is 167 Å². The van der Waals surface area contributed by atoms with Crippen LogP contribution in [0.4, 0.5) is 11.6 Å². The number of anilines is 2. The van der Waals surface area contributed by atoms with Gasteiger partial charge in [0.05, 0.1) is 10.9 Å². The Kier molecular flexibility index (Phi) is 5.03. The Morgan fingerprint density at radius 2 is 1.76 bits per heavy atom. The van der Waals surface area contributed by atoms with E-state index >= 15 is 0 Å². The molecule has 0 aliphatic rings. The molecule has 2 aromatic carbocycles. The summed E-state index contributed by atoms with van der Waals surface area (Å²) in [4.78, 5) is 37.4. The molecule has 7 nitrogen and oxygen atoms in total. The molecule has 4 rings (SSSR count). The monoisotopic (exact) mass is 385 g/mol. The van der Waals surface area contributed by atoms with E-state index in [4.69, 9.17) is 0 Å². The molecule has 0 aliphatic heterocycles. The number of aromatic nitrogens is 3. The lowest BCUT2D eigenvalue weighted by molar-refractivity contribution is 0.0993. The van der Waals surface area contributed by atoms with E-state index in [1.807, 2.05) is 36.4 Å². The molecule has 0 saturated carbocycles. The number of nitrogens with zero attached hydrogens (tertiary/aromatic N) is 3. The van der Waals surface area contributed by atoms with Gasteiger partial charge in [-0.2, -0.15) is 0 Å². The SMILES string of the molecule is CN(C(=O)c1ccncc1)c1ccc(CNc2nc3ccccc3c(=O)[nH]2)cc1. The van der Waals surface area contributed by atoms with E-state index in [-0.39, 0.29) is 11.5 Å². The van der Waals surface area contributed by atoms with Crippen LogP contribution < -0.4 is 15.8 Å². The molecule has 0 radical (unpaired) electrons. The van der Waals surface area contributed by atoms with Crippen molar-refractivity contribution < 1.29 is 4.79 Å². The lowest BCUT2D eigenvalue weighted by Gasteiger charge is -2.17. The zero-order valence-electron chi connectivity index (χ0n) is 15.8. The van der Waals surface area contributed by atoms with E-state index in [2.05, 4.69) is 20.3 Å². The van der Waals surface area contributed by atoms with Crippen molar-refractivity contribution in [3.63, 3.8) is 0 Å². The molecule has 0 spiro atoms. The van der Waals surface area contributed by atoms with Crippen molar-refractivity contribution in [2.75, 3.05) is 17.3 Å². The highest BCUT2D eigenvalue weighted by atomic mass is 16.2. The number of H-pyrrole nitrogens is 1. The van der Waals surface area contributed by atoms with Crippen molar-refractivity contribution in [2.45, 2.75) is 6.54 Å². The first-order valence-electron chi connectivity index (χ1n) is 9.12. The van der Waals surface area contributed by atoms with Crippen LogP contribution in [0.3, 0.4) is 0 Å². The van der Waals surface area contributed by atoms with Crippen molar-refractivity contribution in [1.82, 2.24) is 15.0 Å². The Bertz CT molecular complexity index is 1200. The third-order valence-electron chi connectivity index (χ3n) is 4.63. The van der Waals surface area contributed by atoms with Crippen LogP contribution in [0.2, 0.25) is 0 Å². The number of hydrogen-bond donors (Lipinski definition) is 2. The first-order chi connectivity index (χ1) is 14.1. The minimum absolute atomic E-state index is 0.101. The minimum atomic E-state index is -0.176. The van der Waals surface area contributed by atoms with Gasteiger partial charge in [-0.1, -0.05) is 24.3 Å². The predicted octanol–water partition coefficient (Wildman–Crippen LogP) is 3.21. The maximum atomic E-state index is 12.5. The zero-order valence-corrected chi connectivity index (χ0v) is 15.8. The molecule has 0 saturated heterocycles. The molecular formula is C22H19N5O2. The number of nitrogens with one attached hydrogen (secondary N) is 2. The molecule has 0 unspecified atom stereocenters. The Balaban J connectivity index is 1.45. The average Bonchev–Trinajstić information content (AvgIpc) is 2.78. The van der Waals surface area contributed by atoms with Crippen molar-refractivity contribution in [1.29, 1.82) is 0 Å². The fourth-order valence-electron chi connectivity index (χ4n) is 3.00. The smallest absolute Gasteiger partial charge is 0.260 e. The maximum Gasteiger partial charge on any atom is 0.260 e. The van der Waals surface area contributed by atoms with Crippen LogP contribution in [0.5, 0.6) is 0 Å². The number of aromatic amines is 1. The van der Waals surface area contributed by atoms with E-state index in [1.165, 1.54) is 0 Å². The topological polar surface area (TPSA) is 91.0 Å². The summed E-state index contributed by atoms with van der Waals surface area (Å²) in [6, 6.07) is 18.2. The summed E-state index contributed by atoms with van der Waals surface area (Å²) in [5, 5.41) is 3.70. The molecule has 1 amide bonds. The minimum Gasteiger partial charge on any atom is -0.352 e. The largest absolute Gasteiger partial charge is 0.352 e. The van der Waals surface area contributed by atoms with Crippen molar-refractivity contribution in [3.8, 4) is 0 Å². The van der Waals surface area contributed by atoms with Gasteiger partial charge in [0.2, 0.25) is 5.95 Å². The zero-order chi connectivity index (χ0) is 20.2. The summed E-state index contributed by atoms with van der Waals surface area (Å²) < 4.78 is 0. The van der Waals surface area contributed by atoms with E-state index in [1.54, 1.807) is 48.6 Å². The Hall–Kier alpha value is -4.00. The molecule has 2 heterocycles. The molecule has 0 atom stereocenters. The van der Waals surface area contributed by atoms with Crippen LogP contribution in [0, 0.1) is 0 Å². The fraction of sp³-hybridized carbons (Fsp3) is 0.0909. The number of benzene rings is 2. The predicted molar refractivity (Wildman–Crippen MR) is 113 cm³/mol. The van der Waals surface area contributed by atoms with E-state index in [9.17, 15) is 9.59 Å². The van der Waals surface area contributed by atoms with Gasteiger partial charge in [-0.25, -0.2) is 4.98 Å². The quantitative estimate of drug-likeness (QED) is 0.550. The molecular weight excluding hydrogens is 366 g/mol. The molecule has 2 aromatic heterocycles. The van der Waals surface area contributed by atoms with Gasteiger partial charge < -0.3 is 10.2 Å². The molecule has 4 aromatic rings. The summed E-state index contributed by atoms with van der Waals surface area (Å²) in [6.07, 6.45) is 3.20. The lowest BCUT2D eigenvalue weighted by atomic mass is 10.1. The number of fused-ring (bicyclic) bond motifs is 1. The van der Waals surface area contributed by atoms with Crippen LogP contribution in [0.25, 0.3) is 10.9 Å². The number of carbonyl (C=O) groups is 1. The van der Waals surface area contributed by atoms with Gasteiger partial charge in [0.1, 0.15) is 0 Å². The lowest BCUT2D eigenvalue weighted by Crippen LogP contribution is -2.26. The number of para-hydroxylation sites is 1. The highest BCUT2D eigenvalue weighted by molar-refractivity contribution is 6.05. The molecule has 2 N–H and O–H groups in total. The summed E-state index contributed by atoms with van der Waals surface area (Å²) in [7, 11) is 1.74. The van der Waals surface area contributed by atoms with Crippen LogP contribution in [0.15, 0.2) is 77.9 Å². The highest BCUT2D eigenvalue weighted by Crippen LogP contribution is 2.17. The fourth-order valence-corrected chi connectivity index (χ4v) is 3.00. The van der Waals surface area contributed by atoms with Gasteiger partial charge in [-0.05, 0) is 42.0 Å². The number of amides is 1. The van der Waals surface area contributed by atoms with Gasteiger partial charge in [0.25, 0.3) is 11.5 Å². The van der Waals surface area contributed by atoms with E-state index in [0.717, 1.165) is 11.3 Å². The normalized spacial score (nSPS) is 10.7. The summed E-state index contributed by atoms with van der Waals surface area (Å²) in [5.74, 6) is 0.318. The molecule has 29 heavy (non-hydrogen) atoms. The Morgan fingerprint density at radius 3 is 2.52 bits per heavy atom. The molecule has 0 fully saturated rings. The summed E-state index contributed by atoms with van der Waals surface area (Å²) in [5.41, 5.74) is 2.83.